The molecule has 9 nitrogen and oxygen atoms in total. The first-order chi connectivity index (χ1) is 16.2. The first-order valence-corrected chi connectivity index (χ1v) is 11.4. The Morgan fingerprint density at radius 2 is 1.79 bits per heavy atom. The average Bonchev–Trinajstić information content (AvgIpc) is 2.84. The van der Waals surface area contributed by atoms with Gasteiger partial charge in [-0.25, -0.2) is 19.7 Å². The van der Waals surface area contributed by atoms with E-state index in [1.807, 2.05) is 35.2 Å². The van der Waals surface area contributed by atoms with Crippen LogP contribution in [0.25, 0.3) is 11.3 Å². The van der Waals surface area contributed by atoms with Crippen LogP contribution in [-0.2, 0) is 6.54 Å². The smallest absolute Gasteiger partial charge is 0.317 e. The maximum Gasteiger partial charge on any atom is 0.317 e. The van der Waals surface area contributed by atoms with Gasteiger partial charge in [0.05, 0.1) is 5.69 Å². The Bertz CT molecular complexity index is 1100. The lowest BCUT2D eigenvalue weighted by molar-refractivity contribution is 0.135. The summed E-state index contributed by atoms with van der Waals surface area (Å²) in [6, 6.07) is 14.1. The van der Waals surface area contributed by atoms with Crippen molar-refractivity contribution in [3.8, 4) is 11.3 Å². The van der Waals surface area contributed by atoms with Crippen LogP contribution in [0.3, 0.4) is 0 Å². The second kappa shape index (κ2) is 9.83. The van der Waals surface area contributed by atoms with Gasteiger partial charge in [0, 0.05) is 69.5 Å². The number of urea groups is 1. The Hall–Kier alpha value is -3.72. The van der Waals surface area contributed by atoms with Crippen molar-refractivity contribution < 1.29 is 4.79 Å². The lowest BCUT2D eigenvalue weighted by Gasteiger charge is -2.34. The Morgan fingerprint density at radius 3 is 2.64 bits per heavy atom. The molecule has 9 heteroatoms. The summed E-state index contributed by atoms with van der Waals surface area (Å²) in [7, 11) is 0. The predicted octanol–water partition coefficient (Wildman–Crippen LogP) is 2.93. The molecule has 7 heterocycles. The topological polar surface area (TPSA) is 98.3 Å². The molecule has 2 amide bonds. The number of hydrogen-bond acceptors (Lipinski definition) is 7. The summed E-state index contributed by atoms with van der Waals surface area (Å²) in [4.78, 5) is 30.3. The van der Waals surface area contributed by atoms with E-state index in [0.29, 0.717) is 12.5 Å². The molecule has 1 saturated heterocycles. The Balaban J connectivity index is 1.38. The van der Waals surface area contributed by atoms with Gasteiger partial charge in [-0.15, -0.1) is 0 Å². The second-order valence-corrected chi connectivity index (χ2v) is 8.30. The van der Waals surface area contributed by atoms with E-state index < -0.39 is 0 Å². The van der Waals surface area contributed by atoms with Crippen LogP contribution in [0.15, 0.2) is 54.9 Å². The van der Waals surface area contributed by atoms with Gasteiger partial charge in [0.15, 0.2) is 0 Å². The fraction of sp³-hybridized carbons (Fsp3) is 0.333. The standard InChI is InChI=1S/C24H28N8O/c33-24-27-9-2-8-25-22-6-5-19(16-28-22)21-7-10-26-23(30-21)29-20-4-1-3-18(15-20)17-31-11-13-32(24)14-12-31/h1,3-7,10,15-16H,2,8-9,11-14,17H2,(H,25,28)(H,27,33)(H,26,29,30). The summed E-state index contributed by atoms with van der Waals surface area (Å²) in [6.45, 7) is 5.40. The minimum atomic E-state index is 0.0200. The zero-order valence-corrected chi connectivity index (χ0v) is 18.5. The maximum absolute atomic E-state index is 12.5. The van der Waals surface area contributed by atoms with Crippen molar-refractivity contribution >= 4 is 23.5 Å². The molecule has 3 N–H and O–H groups in total. The maximum atomic E-state index is 12.5. The molecule has 170 valence electrons. The van der Waals surface area contributed by atoms with Crippen LogP contribution in [0.4, 0.5) is 22.2 Å². The number of carbonyl (C=O) groups is 1. The lowest BCUT2D eigenvalue weighted by Crippen LogP contribution is -2.51. The summed E-state index contributed by atoms with van der Waals surface area (Å²) in [5, 5.41) is 9.66. The minimum Gasteiger partial charge on any atom is -0.370 e. The SMILES string of the molecule is O=C1NCCCNc2ccc(cn2)-c2ccnc(n2)Nc2cccc(c2)CN2CCN1CC2. The van der Waals surface area contributed by atoms with Crippen LogP contribution in [0.1, 0.15) is 12.0 Å². The van der Waals surface area contributed by atoms with Gasteiger partial charge in [0.25, 0.3) is 0 Å². The number of pyridine rings is 1. The monoisotopic (exact) mass is 444 g/mol. The third-order valence-electron chi connectivity index (χ3n) is 5.90. The highest BCUT2D eigenvalue weighted by atomic mass is 16.2. The number of rotatable bonds is 0. The van der Waals surface area contributed by atoms with Crippen molar-refractivity contribution in [2.75, 3.05) is 49.9 Å². The molecule has 0 atom stereocenters. The Labute approximate surface area is 193 Å². The molecule has 1 fully saturated rings. The molecule has 5 aliphatic rings. The summed E-state index contributed by atoms with van der Waals surface area (Å²) < 4.78 is 0. The van der Waals surface area contributed by atoms with Crippen LogP contribution < -0.4 is 16.0 Å². The number of aromatic nitrogens is 3. The highest BCUT2D eigenvalue weighted by molar-refractivity contribution is 5.74. The fourth-order valence-electron chi connectivity index (χ4n) is 4.09. The number of carbonyl (C=O) groups excluding carboxylic acids is 1. The van der Waals surface area contributed by atoms with Gasteiger partial charge < -0.3 is 20.9 Å². The molecular weight excluding hydrogens is 416 g/mol. The molecule has 8 bridgehead atoms. The van der Waals surface area contributed by atoms with Crippen molar-refractivity contribution in [1.29, 1.82) is 0 Å². The molecule has 0 aliphatic carbocycles. The molecule has 0 saturated carbocycles. The van der Waals surface area contributed by atoms with Gasteiger partial charge >= 0.3 is 6.03 Å². The quantitative estimate of drug-likeness (QED) is 0.490. The molecular formula is C24H28N8O. The minimum absolute atomic E-state index is 0.0200. The van der Waals surface area contributed by atoms with E-state index in [9.17, 15) is 4.79 Å². The van der Waals surface area contributed by atoms with E-state index in [1.165, 1.54) is 5.56 Å². The van der Waals surface area contributed by atoms with Gasteiger partial charge in [-0.2, -0.15) is 0 Å². The normalized spacial score (nSPS) is 17.3. The Kier molecular flexibility index (Phi) is 6.30. The molecule has 8 rings (SSSR count). The van der Waals surface area contributed by atoms with E-state index in [2.05, 4.69) is 47.9 Å². The average molecular weight is 445 g/mol. The van der Waals surface area contributed by atoms with E-state index >= 15 is 0 Å². The molecule has 2 aromatic heterocycles. The van der Waals surface area contributed by atoms with Crippen LogP contribution in [0.5, 0.6) is 0 Å². The lowest BCUT2D eigenvalue weighted by atomic mass is 10.1. The first-order valence-electron chi connectivity index (χ1n) is 11.4. The number of nitrogens with zero attached hydrogens (tertiary/aromatic N) is 5. The molecule has 33 heavy (non-hydrogen) atoms. The highest BCUT2D eigenvalue weighted by Gasteiger charge is 2.21. The van der Waals surface area contributed by atoms with Gasteiger partial charge in [-0.1, -0.05) is 12.1 Å². The van der Waals surface area contributed by atoms with Crippen molar-refractivity contribution in [3.63, 3.8) is 0 Å². The molecule has 3 aromatic rings. The molecule has 0 radical (unpaired) electrons. The van der Waals surface area contributed by atoms with Gasteiger partial charge in [0.2, 0.25) is 5.95 Å². The van der Waals surface area contributed by atoms with E-state index in [0.717, 1.165) is 68.5 Å². The van der Waals surface area contributed by atoms with Gasteiger partial charge in [-0.05, 0) is 42.3 Å². The summed E-state index contributed by atoms with van der Waals surface area (Å²) in [5.74, 6) is 1.35. The van der Waals surface area contributed by atoms with Crippen LogP contribution in [0.2, 0.25) is 0 Å². The summed E-state index contributed by atoms with van der Waals surface area (Å²) in [6.07, 6.45) is 4.39. The fourth-order valence-corrected chi connectivity index (χ4v) is 4.09. The van der Waals surface area contributed by atoms with Crippen LogP contribution in [0, 0.1) is 0 Å². The summed E-state index contributed by atoms with van der Waals surface area (Å²) in [5.41, 5.74) is 3.89. The van der Waals surface area contributed by atoms with E-state index in [1.54, 1.807) is 12.4 Å². The number of benzene rings is 1. The second-order valence-electron chi connectivity index (χ2n) is 8.30. The zero-order chi connectivity index (χ0) is 22.5. The third-order valence-corrected chi connectivity index (χ3v) is 5.90. The first kappa shape index (κ1) is 21.1. The zero-order valence-electron chi connectivity index (χ0n) is 18.5. The number of hydrogen-bond donors (Lipinski definition) is 3. The number of nitrogens with one attached hydrogen (secondary N) is 3. The van der Waals surface area contributed by atoms with Crippen molar-refractivity contribution in [2.24, 2.45) is 0 Å². The predicted molar refractivity (Wildman–Crippen MR) is 128 cm³/mol. The molecule has 5 aliphatic heterocycles. The van der Waals surface area contributed by atoms with Gasteiger partial charge in [-0.3, -0.25) is 4.90 Å². The van der Waals surface area contributed by atoms with E-state index in [-0.39, 0.29) is 6.03 Å². The van der Waals surface area contributed by atoms with Crippen molar-refractivity contribution in [3.05, 3.63) is 60.4 Å². The largest absolute Gasteiger partial charge is 0.370 e. The highest BCUT2D eigenvalue weighted by Crippen LogP contribution is 2.21. The molecule has 0 spiro atoms. The summed E-state index contributed by atoms with van der Waals surface area (Å²) >= 11 is 0. The van der Waals surface area contributed by atoms with E-state index in [4.69, 9.17) is 0 Å². The van der Waals surface area contributed by atoms with Crippen molar-refractivity contribution in [1.82, 2.24) is 30.1 Å². The van der Waals surface area contributed by atoms with Crippen LogP contribution in [-0.4, -0.2) is 70.1 Å². The molecule has 1 aromatic carbocycles. The molecule has 0 unspecified atom stereocenters. The number of anilines is 3. The van der Waals surface area contributed by atoms with Crippen molar-refractivity contribution in [2.45, 2.75) is 13.0 Å². The van der Waals surface area contributed by atoms with Gasteiger partial charge in [0.1, 0.15) is 5.82 Å². The number of piperazine rings is 1. The third kappa shape index (κ3) is 5.38. The number of amides is 2. The Morgan fingerprint density at radius 1 is 0.909 bits per heavy atom. The van der Waals surface area contributed by atoms with Crippen LogP contribution >= 0.6 is 0 Å².